The minimum absolute atomic E-state index is 0.158. The van der Waals surface area contributed by atoms with Crippen molar-refractivity contribution >= 4 is 28.4 Å². The summed E-state index contributed by atoms with van der Waals surface area (Å²) in [5, 5.41) is 2.70. The molecule has 0 bridgehead atoms. The number of nitrogens with one attached hydrogen (secondary N) is 2. The lowest BCUT2D eigenvalue weighted by atomic mass is 10.2. The highest BCUT2D eigenvalue weighted by Gasteiger charge is 2.39. The highest BCUT2D eigenvalue weighted by molar-refractivity contribution is 6.18. The molecule has 19 heavy (non-hydrogen) atoms. The molecular formula is C12H10ClF3N2O. The Morgan fingerprint density at radius 1 is 1.37 bits per heavy atom. The van der Waals surface area contributed by atoms with Crippen LogP contribution < -0.4 is 5.32 Å². The zero-order chi connectivity index (χ0) is 14.0. The fourth-order valence-corrected chi connectivity index (χ4v) is 1.97. The van der Waals surface area contributed by atoms with E-state index in [1.54, 1.807) is 18.2 Å². The van der Waals surface area contributed by atoms with E-state index in [0.717, 1.165) is 10.9 Å². The normalized spacial score (nSPS) is 13.5. The lowest BCUT2D eigenvalue weighted by Crippen LogP contribution is -2.39. The van der Waals surface area contributed by atoms with Gasteiger partial charge in [0, 0.05) is 17.1 Å². The lowest BCUT2D eigenvalue weighted by Gasteiger charge is -2.15. The first-order valence-electron chi connectivity index (χ1n) is 5.43. The van der Waals surface area contributed by atoms with Crippen molar-refractivity contribution in [1.29, 1.82) is 0 Å². The third-order valence-electron chi connectivity index (χ3n) is 2.64. The summed E-state index contributed by atoms with van der Waals surface area (Å²) >= 11 is 5.62. The average molecular weight is 291 g/mol. The van der Waals surface area contributed by atoms with Crippen LogP contribution in [0.15, 0.2) is 30.3 Å². The van der Waals surface area contributed by atoms with E-state index < -0.39 is 18.1 Å². The number of hydrogen-bond donors (Lipinski definition) is 2. The third-order valence-corrected chi connectivity index (χ3v) is 2.95. The number of rotatable bonds is 3. The van der Waals surface area contributed by atoms with E-state index >= 15 is 0 Å². The number of alkyl halides is 4. The van der Waals surface area contributed by atoms with Gasteiger partial charge in [-0.1, -0.05) is 18.2 Å². The zero-order valence-corrected chi connectivity index (χ0v) is 10.3. The molecule has 1 aromatic heterocycles. The minimum Gasteiger partial charge on any atom is -0.357 e. The predicted molar refractivity (Wildman–Crippen MR) is 66.0 cm³/mol. The van der Waals surface area contributed by atoms with Crippen molar-refractivity contribution in [3.8, 4) is 0 Å². The molecule has 0 aliphatic carbocycles. The molecule has 2 aromatic rings. The number of para-hydroxylation sites is 1. The summed E-state index contributed by atoms with van der Waals surface area (Å²) in [6.45, 7) is 0. The van der Waals surface area contributed by atoms with Gasteiger partial charge >= 0.3 is 12.1 Å². The first kappa shape index (κ1) is 13.7. The molecule has 2 N–H and O–H groups in total. The van der Waals surface area contributed by atoms with Gasteiger partial charge in [0.1, 0.15) is 0 Å². The van der Waals surface area contributed by atoms with Crippen LogP contribution in [0.2, 0.25) is 0 Å². The summed E-state index contributed by atoms with van der Waals surface area (Å²) < 4.78 is 36.6. The summed E-state index contributed by atoms with van der Waals surface area (Å²) in [6.07, 6.45) is -4.92. The van der Waals surface area contributed by atoms with Gasteiger partial charge in [-0.25, -0.2) is 0 Å². The molecule has 1 aromatic carbocycles. The second kappa shape index (κ2) is 5.13. The number of aromatic nitrogens is 1. The van der Waals surface area contributed by atoms with Gasteiger partial charge in [-0.2, -0.15) is 13.2 Å². The summed E-state index contributed by atoms with van der Waals surface area (Å²) in [7, 11) is 0. The number of hydrogen-bond acceptors (Lipinski definition) is 1. The van der Waals surface area contributed by atoms with Crippen LogP contribution in [0.25, 0.3) is 10.9 Å². The maximum atomic E-state index is 12.2. The fourth-order valence-electron chi connectivity index (χ4n) is 1.72. The summed E-state index contributed by atoms with van der Waals surface area (Å²) in [5.74, 6) is -2.16. The van der Waals surface area contributed by atoms with Gasteiger partial charge in [-0.3, -0.25) is 4.79 Å². The Morgan fingerprint density at radius 2 is 2.05 bits per heavy atom. The monoisotopic (exact) mass is 290 g/mol. The first-order chi connectivity index (χ1) is 8.91. The Hall–Kier alpha value is -1.69. The van der Waals surface area contributed by atoms with E-state index in [2.05, 4.69) is 4.98 Å². The van der Waals surface area contributed by atoms with Crippen LogP contribution in [0.1, 0.15) is 11.7 Å². The van der Waals surface area contributed by atoms with Crippen molar-refractivity contribution in [3.63, 3.8) is 0 Å². The quantitative estimate of drug-likeness (QED) is 0.838. The number of benzene rings is 1. The largest absolute Gasteiger partial charge is 0.471 e. The molecule has 2 rings (SSSR count). The molecule has 3 nitrogen and oxygen atoms in total. The van der Waals surface area contributed by atoms with E-state index in [9.17, 15) is 18.0 Å². The molecule has 102 valence electrons. The van der Waals surface area contributed by atoms with Crippen LogP contribution in [-0.2, 0) is 4.79 Å². The predicted octanol–water partition coefficient (Wildman–Crippen LogP) is 3.13. The van der Waals surface area contributed by atoms with Crippen molar-refractivity contribution in [1.82, 2.24) is 10.3 Å². The Morgan fingerprint density at radius 3 is 2.63 bits per heavy atom. The summed E-state index contributed by atoms with van der Waals surface area (Å²) in [4.78, 5) is 13.9. The first-order valence-corrected chi connectivity index (χ1v) is 5.96. The van der Waals surface area contributed by atoms with E-state index in [1.807, 2.05) is 17.4 Å². The Balaban J connectivity index is 2.24. The number of aromatic amines is 1. The Kier molecular flexibility index (Phi) is 3.71. The molecule has 0 saturated carbocycles. The SMILES string of the molecule is O=C(NC(CCl)c1cc2ccccc2[nH]1)C(F)(F)F. The minimum atomic E-state index is -4.92. The van der Waals surface area contributed by atoms with Gasteiger partial charge in [0.25, 0.3) is 0 Å². The van der Waals surface area contributed by atoms with Crippen molar-refractivity contribution in [2.45, 2.75) is 12.2 Å². The van der Waals surface area contributed by atoms with Crippen LogP contribution in [0.4, 0.5) is 13.2 Å². The van der Waals surface area contributed by atoms with Gasteiger partial charge in [0.05, 0.1) is 6.04 Å². The topological polar surface area (TPSA) is 44.9 Å². The van der Waals surface area contributed by atoms with Crippen LogP contribution >= 0.6 is 11.6 Å². The number of fused-ring (bicyclic) bond motifs is 1. The van der Waals surface area contributed by atoms with Crippen molar-refractivity contribution in [2.24, 2.45) is 0 Å². The smallest absolute Gasteiger partial charge is 0.357 e. The number of H-pyrrole nitrogens is 1. The second-order valence-corrected chi connectivity index (χ2v) is 4.30. The van der Waals surface area contributed by atoms with Crippen LogP contribution in [0.5, 0.6) is 0 Å². The molecule has 0 aliphatic rings. The van der Waals surface area contributed by atoms with Gasteiger partial charge < -0.3 is 10.3 Å². The average Bonchev–Trinajstić information content (AvgIpc) is 2.77. The standard InChI is InChI=1S/C12H10ClF3N2O/c13-6-10(18-11(19)12(14,15)16)9-5-7-3-1-2-4-8(7)17-9/h1-5,10,17H,6H2,(H,18,19). The van der Waals surface area contributed by atoms with E-state index in [4.69, 9.17) is 11.6 Å². The molecule has 1 amide bonds. The molecule has 0 saturated heterocycles. The molecular weight excluding hydrogens is 281 g/mol. The van der Waals surface area contributed by atoms with Gasteiger partial charge in [-0.05, 0) is 17.5 Å². The molecule has 7 heteroatoms. The zero-order valence-electron chi connectivity index (χ0n) is 9.59. The van der Waals surface area contributed by atoms with E-state index in [0.29, 0.717) is 5.69 Å². The highest BCUT2D eigenvalue weighted by Crippen LogP contribution is 2.23. The maximum Gasteiger partial charge on any atom is 0.471 e. The van der Waals surface area contributed by atoms with Crippen molar-refractivity contribution in [3.05, 3.63) is 36.0 Å². The fraction of sp³-hybridized carbons (Fsp3) is 0.250. The lowest BCUT2D eigenvalue weighted by molar-refractivity contribution is -0.174. The van der Waals surface area contributed by atoms with Gasteiger partial charge in [-0.15, -0.1) is 11.6 Å². The molecule has 0 aliphatic heterocycles. The summed E-state index contributed by atoms with van der Waals surface area (Å²) in [5.41, 5.74) is 1.21. The molecule has 1 heterocycles. The third kappa shape index (κ3) is 3.01. The maximum absolute atomic E-state index is 12.2. The van der Waals surface area contributed by atoms with Crippen LogP contribution in [0, 0.1) is 0 Å². The van der Waals surface area contributed by atoms with Crippen LogP contribution in [0.3, 0.4) is 0 Å². The van der Waals surface area contributed by atoms with Crippen LogP contribution in [-0.4, -0.2) is 22.9 Å². The number of carbonyl (C=O) groups is 1. The van der Waals surface area contributed by atoms with Crippen molar-refractivity contribution < 1.29 is 18.0 Å². The van der Waals surface area contributed by atoms with Crippen molar-refractivity contribution in [2.75, 3.05) is 5.88 Å². The number of amides is 1. The molecule has 0 spiro atoms. The Labute approximate surface area is 111 Å². The van der Waals surface area contributed by atoms with E-state index in [-0.39, 0.29) is 5.88 Å². The number of carbonyl (C=O) groups excluding carboxylic acids is 1. The summed E-state index contributed by atoms with van der Waals surface area (Å²) in [6, 6.07) is 7.96. The molecule has 1 atom stereocenters. The second-order valence-electron chi connectivity index (χ2n) is 3.99. The molecule has 0 fully saturated rings. The molecule has 0 radical (unpaired) electrons. The molecule has 1 unspecified atom stereocenters. The van der Waals surface area contributed by atoms with Gasteiger partial charge in [0.2, 0.25) is 0 Å². The Bertz CT molecular complexity index is 561. The van der Waals surface area contributed by atoms with E-state index in [1.165, 1.54) is 0 Å². The highest BCUT2D eigenvalue weighted by atomic mass is 35.5. The number of halogens is 4. The van der Waals surface area contributed by atoms with Gasteiger partial charge in [0.15, 0.2) is 0 Å².